The van der Waals surface area contributed by atoms with E-state index in [0.29, 0.717) is 23.4 Å². The molecule has 0 saturated heterocycles. The molecule has 2 aromatic carbocycles. The average Bonchev–Trinajstić information content (AvgIpc) is 2.51. The lowest BCUT2D eigenvalue weighted by Crippen LogP contribution is -2.14. The van der Waals surface area contributed by atoms with Gasteiger partial charge in [-0.15, -0.1) is 11.8 Å². The molecule has 5 heteroatoms. The number of halogens is 1. The van der Waals surface area contributed by atoms with Crippen molar-refractivity contribution < 1.29 is 9.18 Å². The molecule has 0 unspecified atom stereocenters. The maximum absolute atomic E-state index is 13.4. The number of nitriles is 1. The molecular weight excluding hydrogens is 299 g/mol. The third kappa shape index (κ3) is 4.90. The second kappa shape index (κ2) is 8.20. The van der Waals surface area contributed by atoms with Gasteiger partial charge in [-0.05, 0) is 29.3 Å². The van der Waals surface area contributed by atoms with Crippen molar-refractivity contribution in [3.63, 3.8) is 0 Å². The van der Waals surface area contributed by atoms with Crippen molar-refractivity contribution in [3.8, 4) is 6.07 Å². The van der Waals surface area contributed by atoms with E-state index < -0.39 is 0 Å². The van der Waals surface area contributed by atoms with Crippen LogP contribution in [0.15, 0.2) is 48.5 Å². The van der Waals surface area contributed by atoms with Gasteiger partial charge in [0.1, 0.15) is 5.82 Å². The number of rotatable bonds is 6. The highest BCUT2D eigenvalue weighted by Gasteiger charge is 2.05. The van der Waals surface area contributed by atoms with Gasteiger partial charge in [-0.2, -0.15) is 5.26 Å². The van der Waals surface area contributed by atoms with Crippen LogP contribution < -0.4 is 5.32 Å². The zero-order chi connectivity index (χ0) is 15.8. The number of carbonyl (C=O) groups excluding carboxylic acids is 1. The highest BCUT2D eigenvalue weighted by Crippen LogP contribution is 2.16. The van der Waals surface area contributed by atoms with E-state index in [9.17, 15) is 9.18 Å². The van der Waals surface area contributed by atoms with Gasteiger partial charge >= 0.3 is 0 Å². The summed E-state index contributed by atoms with van der Waals surface area (Å²) >= 11 is 1.36. The highest BCUT2D eigenvalue weighted by molar-refractivity contribution is 7.99. The molecule has 0 saturated carbocycles. The first-order chi connectivity index (χ1) is 10.7. The summed E-state index contributed by atoms with van der Waals surface area (Å²) in [5, 5.41) is 11.4. The standard InChI is InChI=1S/C17H15FN2OS/c18-16-4-2-1-3-14(16)11-22-12-17(21)20-15-7-5-13(6-8-15)9-10-19/h1-8H,9,11-12H2,(H,20,21). The van der Waals surface area contributed by atoms with Crippen molar-refractivity contribution >= 4 is 23.4 Å². The van der Waals surface area contributed by atoms with Gasteiger partial charge in [-0.3, -0.25) is 4.79 Å². The van der Waals surface area contributed by atoms with Crippen molar-refractivity contribution in [2.45, 2.75) is 12.2 Å². The molecule has 3 nitrogen and oxygen atoms in total. The van der Waals surface area contributed by atoms with Crippen molar-refractivity contribution in [1.29, 1.82) is 5.26 Å². The predicted molar refractivity (Wildman–Crippen MR) is 87.0 cm³/mol. The minimum Gasteiger partial charge on any atom is -0.325 e. The van der Waals surface area contributed by atoms with Crippen LogP contribution >= 0.6 is 11.8 Å². The predicted octanol–water partition coefficient (Wildman–Crippen LogP) is 3.76. The van der Waals surface area contributed by atoms with Gasteiger partial charge in [-0.1, -0.05) is 30.3 Å². The number of anilines is 1. The molecule has 0 heterocycles. The Labute approximate surface area is 133 Å². The molecule has 0 aliphatic carbocycles. The fourth-order valence-electron chi connectivity index (χ4n) is 1.86. The third-order valence-corrected chi connectivity index (χ3v) is 3.95. The van der Waals surface area contributed by atoms with Crippen molar-refractivity contribution in [2.75, 3.05) is 11.1 Å². The molecule has 2 rings (SSSR count). The smallest absolute Gasteiger partial charge is 0.234 e. The van der Waals surface area contributed by atoms with Crippen LogP contribution in [0.3, 0.4) is 0 Å². The van der Waals surface area contributed by atoms with E-state index in [2.05, 4.69) is 11.4 Å². The molecule has 0 bridgehead atoms. The average molecular weight is 314 g/mol. The highest BCUT2D eigenvalue weighted by atomic mass is 32.2. The van der Waals surface area contributed by atoms with Gasteiger partial charge < -0.3 is 5.32 Å². The summed E-state index contributed by atoms with van der Waals surface area (Å²) < 4.78 is 13.4. The minimum atomic E-state index is -0.247. The summed E-state index contributed by atoms with van der Waals surface area (Å²) in [6.07, 6.45) is 0.354. The molecule has 0 fully saturated rings. The Morgan fingerprint density at radius 3 is 2.59 bits per heavy atom. The van der Waals surface area contributed by atoms with E-state index in [-0.39, 0.29) is 17.5 Å². The number of nitrogens with one attached hydrogen (secondary N) is 1. The molecule has 0 aromatic heterocycles. The molecule has 22 heavy (non-hydrogen) atoms. The van der Waals surface area contributed by atoms with Gasteiger partial charge in [0, 0.05) is 11.4 Å². The summed E-state index contributed by atoms with van der Waals surface area (Å²) in [7, 11) is 0. The molecule has 0 aliphatic heterocycles. The van der Waals surface area contributed by atoms with Gasteiger partial charge in [0.2, 0.25) is 5.91 Å². The Balaban J connectivity index is 1.78. The monoisotopic (exact) mass is 314 g/mol. The molecule has 0 aliphatic rings. The normalized spacial score (nSPS) is 10.0. The lowest BCUT2D eigenvalue weighted by atomic mass is 10.1. The van der Waals surface area contributed by atoms with E-state index in [0.717, 1.165) is 5.56 Å². The molecule has 0 atom stereocenters. The number of nitrogens with zero attached hydrogens (tertiary/aromatic N) is 1. The van der Waals surface area contributed by atoms with E-state index >= 15 is 0 Å². The molecule has 2 aromatic rings. The summed E-state index contributed by atoms with van der Waals surface area (Å²) in [5.41, 5.74) is 2.20. The fourth-order valence-corrected chi connectivity index (χ4v) is 2.68. The van der Waals surface area contributed by atoms with E-state index in [1.54, 1.807) is 30.3 Å². The first kappa shape index (κ1) is 16.1. The SMILES string of the molecule is N#CCc1ccc(NC(=O)CSCc2ccccc2F)cc1. The van der Waals surface area contributed by atoms with Crippen LogP contribution in [-0.2, 0) is 17.0 Å². The number of carbonyl (C=O) groups is 1. The van der Waals surface area contributed by atoms with Crippen LogP contribution in [0, 0.1) is 17.1 Å². The Morgan fingerprint density at radius 2 is 1.91 bits per heavy atom. The van der Waals surface area contributed by atoms with Gasteiger partial charge in [0.05, 0.1) is 18.2 Å². The summed E-state index contributed by atoms with van der Waals surface area (Å²) in [6.45, 7) is 0. The Hall–Kier alpha value is -2.32. The quantitative estimate of drug-likeness (QED) is 0.883. The van der Waals surface area contributed by atoms with Gasteiger partial charge in [-0.25, -0.2) is 4.39 Å². The summed E-state index contributed by atoms with van der Waals surface area (Å²) in [4.78, 5) is 11.8. The zero-order valence-electron chi connectivity index (χ0n) is 11.9. The number of thioether (sulfide) groups is 1. The Bertz CT molecular complexity index is 680. The fraction of sp³-hybridized carbons (Fsp3) is 0.176. The van der Waals surface area contributed by atoms with Crippen LogP contribution in [0.4, 0.5) is 10.1 Å². The molecule has 1 N–H and O–H groups in total. The number of amides is 1. The topological polar surface area (TPSA) is 52.9 Å². The number of hydrogen-bond acceptors (Lipinski definition) is 3. The van der Waals surface area contributed by atoms with Crippen molar-refractivity contribution in [3.05, 3.63) is 65.5 Å². The number of hydrogen-bond donors (Lipinski definition) is 1. The number of benzene rings is 2. The lowest BCUT2D eigenvalue weighted by Gasteiger charge is -2.06. The van der Waals surface area contributed by atoms with E-state index in [1.807, 2.05) is 12.1 Å². The minimum absolute atomic E-state index is 0.130. The molecule has 112 valence electrons. The van der Waals surface area contributed by atoms with E-state index in [1.165, 1.54) is 17.8 Å². The second-order valence-corrected chi connectivity index (χ2v) is 5.65. The zero-order valence-corrected chi connectivity index (χ0v) is 12.7. The summed E-state index contributed by atoms with van der Waals surface area (Å²) in [6, 6.07) is 15.8. The maximum atomic E-state index is 13.4. The molecule has 0 radical (unpaired) electrons. The van der Waals surface area contributed by atoms with Crippen LogP contribution in [-0.4, -0.2) is 11.7 Å². The van der Waals surface area contributed by atoms with Crippen LogP contribution in [0.5, 0.6) is 0 Å². The van der Waals surface area contributed by atoms with Crippen molar-refractivity contribution in [1.82, 2.24) is 0 Å². The van der Waals surface area contributed by atoms with Crippen LogP contribution in [0.2, 0.25) is 0 Å². The Kier molecular flexibility index (Phi) is 5.99. The van der Waals surface area contributed by atoms with Gasteiger partial charge in [0.25, 0.3) is 0 Å². The van der Waals surface area contributed by atoms with Crippen LogP contribution in [0.25, 0.3) is 0 Å². The van der Waals surface area contributed by atoms with E-state index in [4.69, 9.17) is 5.26 Å². The van der Waals surface area contributed by atoms with Crippen molar-refractivity contribution in [2.24, 2.45) is 0 Å². The van der Waals surface area contributed by atoms with Crippen LogP contribution in [0.1, 0.15) is 11.1 Å². The molecule has 1 amide bonds. The third-order valence-electron chi connectivity index (χ3n) is 2.97. The molecule has 0 spiro atoms. The Morgan fingerprint density at radius 1 is 1.18 bits per heavy atom. The largest absolute Gasteiger partial charge is 0.325 e. The maximum Gasteiger partial charge on any atom is 0.234 e. The first-order valence-electron chi connectivity index (χ1n) is 6.76. The van der Waals surface area contributed by atoms with Gasteiger partial charge in [0.15, 0.2) is 0 Å². The second-order valence-electron chi connectivity index (χ2n) is 4.66. The lowest BCUT2D eigenvalue weighted by molar-refractivity contribution is -0.113. The molecular formula is C17H15FN2OS. The first-order valence-corrected chi connectivity index (χ1v) is 7.91. The summed E-state index contributed by atoms with van der Waals surface area (Å²) in [5.74, 6) is 0.341.